The Labute approximate surface area is 191 Å². The van der Waals surface area contributed by atoms with Gasteiger partial charge in [0.1, 0.15) is 0 Å². The fourth-order valence-corrected chi connectivity index (χ4v) is 1.84. The smallest absolute Gasteiger partial charge is 0.725 e. The first-order valence-electron chi connectivity index (χ1n) is 2.67. The quantitative estimate of drug-likeness (QED) is 0.173. The van der Waals surface area contributed by atoms with Gasteiger partial charge in [0.25, 0.3) is 0 Å². The van der Waals surface area contributed by atoms with Gasteiger partial charge in [0.05, 0.1) is 0 Å². The first-order valence-corrected chi connectivity index (χ1v) is 8.00. The van der Waals surface area contributed by atoms with E-state index in [0.29, 0.717) is 0 Å². The monoisotopic (exact) mass is 578 g/mol. The van der Waals surface area contributed by atoms with Gasteiger partial charge in [-0.05, 0) is 0 Å². The van der Waals surface area contributed by atoms with E-state index in [-0.39, 0.29) is 94.4 Å². The molecule has 0 bridgehead atoms. The maximum Gasteiger partial charge on any atom is 2.00 e. The summed E-state index contributed by atoms with van der Waals surface area (Å²) < 4.78 is 116. The number of hydrogen-bond donors (Lipinski definition) is 0. The maximum atomic E-state index is 9.29. The molecule has 0 aliphatic carbocycles. The molecule has 0 aliphatic rings. The molecule has 0 aromatic rings. The third-order valence-corrected chi connectivity index (χ3v) is 3.00. The average molecular weight is 577 g/mol. The van der Waals surface area contributed by atoms with Gasteiger partial charge >= 0.3 is 94.4 Å². The first-order chi connectivity index (χ1) is 7.41. The molecule has 0 aromatic carbocycles. The van der Waals surface area contributed by atoms with Crippen molar-refractivity contribution >= 4 is 136 Å². The van der Waals surface area contributed by atoms with Crippen LogP contribution in [0.1, 0.15) is 0 Å². The Bertz CT molecular complexity index is 537. The largest absolute Gasteiger partial charge is 2.00 e. The molecule has 0 aliphatic heterocycles. The van der Waals surface area contributed by atoms with Crippen LogP contribution >= 0.6 is 0 Å². The summed E-state index contributed by atoms with van der Waals surface area (Å²) in [7, 11) is -21.7. The average Bonchev–Trinajstić information content (AvgIpc) is 1.64. The molecule has 0 fully saturated rings. The molecule has 0 amide bonds. The van der Waals surface area contributed by atoms with Gasteiger partial charge in [-0.25, -0.2) is 33.7 Å². The third-order valence-electron chi connectivity index (χ3n) is 0.333. The van der Waals surface area contributed by atoms with Crippen molar-refractivity contribution < 1.29 is 59.1 Å². The van der Waals surface area contributed by atoms with Crippen molar-refractivity contribution in [2.45, 2.75) is 0 Å². The molecule has 0 unspecified atom stereocenters. The molecular formula is BaO14S4Sr. The van der Waals surface area contributed by atoms with Crippen LogP contribution in [0.15, 0.2) is 0 Å². The van der Waals surface area contributed by atoms with Gasteiger partial charge in [-0.1, -0.05) is 0 Å². The van der Waals surface area contributed by atoms with Gasteiger partial charge in [0.15, 0.2) is 0 Å². The zero-order valence-electron chi connectivity index (χ0n) is 8.76. The van der Waals surface area contributed by atoms with Gasteiger partial charge in [-0.15, -0.1) is 0 Å². The molecule has 0 spiro atoms. The van der Waals surface area contributed by atoms with Crippen molar-refractivity contribution in [1.82, 2.24) is 0 Å². The molecule has 20 heteroatoms. The minimum Gasteiger partial charge on any atom is -0.725 e. The molecule has 112 valence electrons. The summed E-state index contributed by atoms with van der Waals surface area (Å²) in [6.45, 7) is 0. The van der Waals surface area contributed by atoms with E-state index in [0.717, 1.165) is 0 Å². The van der Waals surface area contributed by atoms with Crippen molar-refractivity contribution in [2.75, 3.05) is 0 Å². The molecule has 20 heavy (non-hydrogen) atoms. The molecule has 0 atom stereocenters. The van der Waals surface area contributed by atoms with Crippen molar-refractivity contribution in [2.24, 2.45) is 0 Å². The predicted molar refractivity (Wildman–Crippen MR) is 52.5 cm³/mol. The van der Waals surface area contributed by atoms with E-state index >= 15 is 0 Å². The second kappa shape index (κ2) is 11.2. The molecule has 0 heterocycles. The van der Waals surface area contributed by atoms with Gasteiger partial charge in [0.2, 0.25) is 41.6 Å². The molecular weight excluding hydrogens is 577 g/mol. The van der Waals surface area contributed by atoms with Crippen LogP contribution in [0.25, 0.3) is 0 Å². The summed E-state index contributed by atoms with van der Waals surface area (Å²) in [5, 5.41) is 0. The summed E-state index contributed by atoms with van der Waals surface area (Å²) in [5.41, 5.74) is 0. The van der Waals surface area contributed by atoms with E-state index in [9.17, 15) is 51.9 Å². The summed E-state index contributed by atoms with van der Waals surface area (Å²) in [6, 6.07) is 0. The molecule has 0 radical (unpaired) electrons. The van der Waals surface area contributed by atoms with Crippen molar-refractivity contribution in [1.29, 1.82) is 0 Å². The molecule has 0 saturated carbocycles. The minimum atomic E-state index is -5.43. The molecule has 14 nitrogen and oxygen atoms in total. The van der Waals surface area contributed by atoms with Crippen LogP contribution in [0.3, 0.4) is 0 Å². The van der Waals surface area contributed by atoms with E-state index in [1.807, 2.05) is 0 Å². The maximum absolute atomic E-state index is 9.29. The Hall–Kier alpha value is 2.61. The van der Waals surface area contributed by atoms with Gasteiger partial charge < -0.3 is 18.2 Å². The van der Waals surface area contributed by atoms with Crippen LogP contribution in [0.2, 0.25) is 0 Å². The summed E-state index contributed by atoms with van der Waals surface area (Å²) in [5.74, 6) is 0. The predicted octanol–water partition coefficient (Wildman–Crippen LogP) is -4.91. The standard InChI is InChI=1S/Ba.2H2O7S2.Sr/c;2*1-8(2,3)7-9(4,5)6;/h;2*(H,1,2,3)(H,4,5,6);/q+2;;;+2/p-4. The van der Waals surface area contributed by atoms with E-state index in [4.69, 9.17) is 0 Å². The van der Waals surface area contributed by atoms with Crippen molar-refractivity contribution in [3.8, 4) is 0 Å². The normalized spacial score (nSPS) is 12.2. The van der Waals surface area contributed by atoms with Crippen LogP contribution in [0.4, 0.5) is 0 Å². The first kappa shape index (κ1) is 30.5. The Morgan fingerprint density at radius 3 is 0.600 bits per heavy atom. The van der Waals surface area contributed by atoms with E-state index in [1.54, 1.807) is 0 Å². The molecule has 0 N–H and O–H groups in total. The van der Waals surface area contributed by atoms with Gasteiger partial charge in [-0.3, -0.25) is 0 Å². The summed E-state index contributed by atoms with van der Waals surface area (Å²) in [6.07, 6.45) is 0. The van der Waals surface area contributed by atoms with E-state index in [1.165, 1.54) is 0 Å². The second-order valence-electron chi connectivity index (χ2n) is 1.77. The van der Waals surface area contributed by atoms with Crippen LogP contribution in [-0.4, -0.2) is 146 Å². The Morgan fingerprint density at radius 1 is 0.500 bits per heavy atom. The Morgan fingerprint density at radius 2 is 0.600 bits per heavy atom. The molecule has 0 saturated heterocycles. The van der Waals surface area contributed by atoms with E-state index in [2.05, 4.69) is 7.26 Å². The van der Waals surface area contributed by atoms with Crippen molar-refractivity contribution in [3.05, 3.63) is 0 Å². The minimum absolute atomic E-state index is 0. The number of rotatable bonds is 4. The van der Waals surface area contributed by atoms with Crippen LogP contribution in [0, 0.1) is 0 Å². The second-order valence-corrected chi connectivity index (χ2v) is 6.12. The summed E-state index contributed by atoms with van der Waals surface area (Å²) >= 11 is 0. The fourth-order valence-electron chi connectivity index (χ4n) is 0.204. The fraction of sp³-hybridized carbons (Fsp3) is 0. The zero-order valence-corrected chi connectivity index (χ0v) is 19.9. The molecule has 0 aromatic heterocycles. The third kappa shape index (κ3) is 37.1. The Balaban J connectivity index is -0.000000116. The van der Waals surface area contributed by atoms with E-state index < -0.39 is 41.6 Å². The Kier molecular flexibility index (Phi) is 17.1. The van der Waals surface area contributed by atoms with Gasteiger partial charge in [0, 0.05) is 0 Å². The topological polar surface area (TPSA) is 247 Å². The molecule has 0 rings (SSSR count). The van der Waals surface area contributed by atoms with Crippen molar-refractivity contribution in [3.63, 3.8) is 0 Å². The number of hydrogen-bond acceptors (Lipinski definition) is 14. The van der Waals surface area contributed by atoms with Crippen LogP contribution in [0.5, 0.6) is 0 Å². The SMILES string of the molecule is O=S(=O)([O-])OS(=O)(=O)[O-].O=S(=O)([O-])OS(=O)(=O)[O-].[Ba+2].[Sr+2]. The van der Waals surface area contributed by atoms with Crippen LogP contribution < -0.4 is 0 Å². The van der Waals surface area contributed by atoms with Crippen LogP contribution in [-0.2, 0) is 48.9 Å². The zero-order chi connectivity index (χ0) is 15.4. The summed E-state index contributed by atoms with van der Waals surface area (Å²) in [4.78, 5) is 0. The van der Waals surface area contributed by atoms with Gasteiger partial charge in [-0.2, -0.15) is 7.26 Å².